The van der Waals surface area contributed by atoms with E-state index in [-0.39, 0.29) is 5.91 Å². The lowest BCUT2D eigenvalue weighted by Crippen LogP contribution is -2.37. The van der Waals surface area contributed by atoms with E-state index in [0.717, 1.165) is 75.2 Å². The topological polar surface area (TPSA) is 65.1 Å². The molecule has 2 saturated heterocycles. The summed E-state index contributed by atoms with van der Waals surface area (Å²) in [5.74, 6) is 0.466. The molecular formula is C24H29N5O. The highest BCUT2D eigenvalue weighted by Crippen LogP contribution is 2.30. The zero-order chi connectivity index (χ0) is 20.3. The van der Waals surface area contributed by atoms with Crippen molar-refractivity contribution in [2.45, 2.75) is 44.6 Å². The van der Waals surface area contributed by atoms with Gasteiger partial charge in [-0.3, -0.25) is 19.8 Å². The summed E-state index contributed by atoms with van der Waals surface area (Å²) in [6.07, 6.45) is 9.31. The highest BCUT2D eigenvalue weighted by atomic mass is 16.2. The molecule has 1 atom stereocenters. The van der Waals surface area contributed by atoms with E-state index in [4.69, 9.17) is 0 Å². The zero-order valence-corrected chi connectivity index (χ0v) is 17.4. The van der Waals surface area contributed by atoms with E-state index < -0.39 is 0 Å². The van der Waals surface area contributed by atoms with Crippen LogP contribution in [0.25, 0.3) is 10.9 Å². The van der Waals surface area contributed by atoms with Gasteiger partial charge in [-0.2, -0.15) is 5.10 Å². The van der Waals surface area contributed by atoms with Gasteiger partial charge in [0.2, 0.25) is 0 Å². The summed E-state index contributed by atoms with van der Waals surface area (Å²) in [4.78, 5) is 22.1. The number of pyridine rings is 1. The molecule has 0 spiro atoms. The largest absolute Gasteiger partial charge is 0.339 e. The smallest absolute Gasteiger partial charge is 0.257 e. The Balaban J connectivity index is 1.33. The number of nitrogens with one attached hydrogen (secondary N) is 1. The molecule has 0 bridgehead atoms. The quantitative estimate of drug-likeness (QED) is 0.716. The maximum Gasteiger partial charge on any atom is 0.257 e. The molecule has 1 unspecified atom stereocenters. The number of para-hydroxylation sites is 1. The third kappa shape index (κ3) is 3.84. The molecule has 6 heteroatoms. The first kappa shape index (κ1) is 19.2. The van der Waals surface area contributed by atoms with Crippen LogP contribution in [0.15, 0.2) is 42.7 Å². The number of likely N-dealkylation sites (tertiary alicyclic amines) is 2. The highest BCUT2D eigenvalue weighted by Gasteiger charge is 2.29. The van der Waals surface area contributed by atoms with E-state index >= 15 is 0 Å². The maximum atomic E-state index is 13.1. The number of rotatable bonds is 4. The number of aromatic nitrogens is 3. The number of carbonyl (C=O) groups is 1. The van der Waals surface area contributed by atoms with Gasteiger partial charge in [-0.1, -0.05) is 18.2 Å². The summed E-state index contributed by atoms with van der Waals surface area (Å²) in [6, 6.07) is 10.5. The normalized spacial score (nSPS) is 20.5. The molecule has 0 radical (unpaired) electrons. The van der Waals surface area contributed by atoms with Gasteiger partial charge in [-0.05, 0) is 56.3 Å². The number of piperidine rings is 2. The van der Waals surface area contributed by atoms with Crippen LogP contribution in [0.1, 0.15) is 59.6 Å². The lowest BCUT2D eigenvalue weighted by atomic mass is 9.91. The fourth-order valence-electron chi connectivity index (χ4n) is 5.01. The van der Waals surface area contributed by atoms with Crippen molar-refractivity contribution < 1.29 is 4.79 Å². The summed E-state index contributed by atoms with van der Waals surface area (Å²) < 4.78 is 0. The van der Waals surface area contributed by atoms with Crippen LogP contribution in [0.2, 0.25) is 0 Å². The Bertz CT molecular complexity index is 1020. The predicted octanol–water partition coefficient (Wildman–Crippen LogP) is 3.96. The molecule has 30 heavy (non-hydrogen) atoms. The minimum Gasteiger partial charge on any atom is -0.339 e. The molecule has 2 aliphatic heterocycles. The zero-order valence-electron chi connectivity index (χ0n) is 17.4. The Hall–Kier alpha value is -2.73. The van der Waals surface area contributed by atoms with Crippen LogP contribution in [0.3, 0.4) is 0 Å². The van der Waals surface area contributed by atoms with Crippen molar-refractivity contribution in [1.29, 1.82) is 0 Å². The van der Waals surface area contributed by atoms with Crippen LogP contribution in [-0.2, 0) is 6.54 Å². The molecule has 3 aromatic rings. The molecule has 6 nitrogen and oxygen atoms in total. The summed E-state index contributed by atoms with van der Waals surface area (Å²) in [6.45, 7) is 4.67. The monoisotopic (exact) mass is 403 g/mol. The van der Waals surface area contributed by atoms with Crippen LogP contribution in [0.5, 0.6) is 0 Å². The van der Waals surface area contributed by atoms with Crippen molar-refractivity contribution in [2.24, 2.45) is 0 Å². The Morgan fingerprint density at radius 2 is 1.93 bits per heavy atom. The number of nitrogens with zero attached hydrogens (tertiary/aromatic N) is 4. The molecule has 1 N–H and O–H groups in total. The van der Waals surface area contributed by atoms with E-state index in [9.17, 15) is 4.79 Å². The second kappa shape index (κ2) is 8.56. The second-order valence-electron chi connectivity index (χ2n) is 8.61. The van der Waals surface area contributed by atoms with Gasteiger partial charge in [0, 0.05) is 43.7 Å². The van der Waals surface area contributed by atoms with Crippen LogP contribution >= 0.6 is 0 Å². The lowest BCUT2D eigenvalue weighted by Gasteiger charge is -2.33. The minimum absolute atomic E-state index is 0.149. The van der Waals surface area contributed by atoms with Crippen molar-refractivity contribution in [3.8, 4) is 0 Å². The predicted molar refractivity (Wildman–Crippen MR) is 117 cm³/mol. The van der Waals surface area contributed by atoms with Gasteiger partial charge in [-0.25, -0.2) is 0 Å². The molecule has 2 fully saturated rings. The van der Waals surface area contributed by atoms with Gasteiger partial charge in [0.05, 0.1) is 23.0 Å². The molecule has 1 amide bonds. The fourth-order valence-corrected chi connectivity index (χ4v) is 5.01. The summed E-state index contributed by atoms with van der Waals surface area (Å²) >= 11 is 0. The number of amides is 1. The van der Waals surface area contributed by atoms with Gasteiger partial charge >= 0.3 is 0 Å². The number of hydrogen-bond acceptors (Lipinski definition) is 4. The number of fused-ring (bicyclic) bond motifs is 1. The molecule has 2 aliphatic rings. The average molecular weight is 404 g/mol. The molecule has 4 heterocycles. The van der Waals surface area contributed by atoms with Gasteiger partial charge in [0.15, 0.2) is 0 Å². The highest BCUT2D eigenvalue weighted by molar-refractivity contribution is 5.95. The van der Waals surface area contributed by atoms with Crippen LogP contribution in [-0.4, -0.2) is 57.1 Å². The van der Waals surface area contributed by atoms with Crippen molar-refractivity contribution in [2.75, 3.05) is 26.2 Å². The standard InChI is InChI=1S/C24H29N5O/c30-24(29-13-4-1-5-14-29)21-15-26-27-23(21)19-7-6-12-28(17-19)16-18-10-11-25-22-9-3-2-8-20(18)22/h2-3,8-11,15,19H,1,4-7,12-14,16-17H2,(H,26,27). The summed E-state index contributed by atoms with van der Waals surface area (Å²) in [5.41, 5.74) is 4.16. The maximum absolute atomic E-state index is 13.1. The molecule has 156 valence electrons. The molecule has 2 aromatic heterocycles. The van der Waals surface area contributed by atoms with Gasteiger partial charge < -0.3 is 4.90 Å². The molecule has 0 saturated carbocycles. The first-order valence-electron chi connectivity index (χ1n) is 11.2. The van der Waals surface area contributed by atoms with E-state index in [1.165, 1.54) is 17.4 Å². The first-order valence-corrected chi connectivity index (χ1v) is 11.2. The van der Waals surface area contributed by atoms with E-state index in [0.29, 0.717) is 5.92 Å². The van der Waals surface area contributed by atoms with Crippen molar-refractivity contribution >= 4 is 16.8 Å². The number of carbonyl (C=O) groups excluding carboxylic acids is 1. The Labute approximate surface area is 177 Å². The van der Waals surface area contributed by atoms with Crippen molar-refractivity contribution in [3.05, 3.63) is 59.5 Å². The molecular weight excluding hydrogens is 374 g/mol. The Kier molecular flexibility index (Phi) is 5.49. The van der Waals surface area contributed by atoms with Crippen LogP contribution in [0.4, 0.5) is 0 Å². The summed E-state index contributed by atoms with van der Waals surface area (Å²) in [5, 5.41) is 8.67. The minimum atomic E-state index is 0.149. The Morgan fingerprint density at radius 1 is 1.07 bits per heavy atom. The SMILES string of the molecule is O=C(c1cn[nH]c1C1CCCN(Cc2ccnc3ccccc23)C1)N1CCCCC1. The first-order chi connectivity index (χ1) is 14.8. The van der Waals surface area contributed by atoms with Crippen LogP contribution in [0, 0.1) is 0 Å². The van der Waals surface area contributed by atoms with Crippen LogP contribution < -0.4 is 0 Å². The Morgan fingerprint density at radius 3 is 2.83 bits per heavy atom. The van der Waals surface area contributed by atoms with Gasteiger partial charge in [0.25, 0.3) is 5.91 Å². The fraction of sp³-hybridized carbons (Fsp3) is 0.458. The number of benzene rings is 1. The molecule has 0 aliphatic carbocycles. The number of aromatic amines is 1. The second-order valence-corrected chi connectivity index (χ2v) is 8.61. The lowest BCUT2D eigenvalue weighted by molar-refractivity contribution is 0.0721. The summed E-state index contributed by atoms with van der Waals surface area (Å²) in [7, 11) is 0. The number of hydrogen-bond donors (Lipinski definition) is 1. The van der Waals surface area contributed by atoms with Crippen molar-refractivity contribution in [3.63, 3.8) is 0 Å². The van der Waals surface area contributed by atoms with Crippen molar-refractivity contribution in [1.82, 2.24) is 25.0 Å². The van der Waals surface area contributed by atoms with E-state index in [1.54, 1.807) is 6.20 Å². The third-order valence-corrected chi connectivity index (χ3v) is 6.59. The number of H-pyrrole nitrogens is 1. The van der Waals surface area contributed by atoms with E-state index in [2.05, 4.69) is 44.3 Å². The van der Waals surface area contributed by atoms with Gasteiger partial charge in [0.1, 0.15) is 0 Å². The third-order valence-electron chi connectivity index (χ3n) is 6.59. The average Bonchev–Trinajstić information content (AvgIpc) is 3.30. The van der Waals surface area contributed by atoms with Gasteiger partial charge in [-0.15, -0.1) is 0 Å². The molecule has 1 aromatic carbocycles. The van der Waals surface area contributed by atoms with E-state index in [1.807, 2.05) is 17.2 Å². The molecule has 5 rings (SSSR count).